The van der Waals surface area contributed by atoms with E-state index in [4.69, 9.17) is 0 Å². The molecule has 118 valence electrons. The molecule has 0 atom stereocenters. The third-order valence-electron chi connectivity index (χ3n) is 4.24. The van der Waals surface area contributed by atoms with Crippen LogP contribution in [0, 0.1) is 11.8 Å². The maximum atomic E-state index is 10.7. The summed E-state index contributed by atoms with van der Waals surface area (Å²) in [6, 6.07) is 5.74. The minimum Gasteiger partial charge on any atom is -0.362 e. The van der Waals surface area contributed by atoms with Crippen LogP contribution in [0.4, 0.5) is 17.1 Å². The molecule has 1 aromatic rings. The summed E-state index contributed by atoms with van der Waals surface area (Å²) in [4.78, 5) is 10.7. The lowest BCUT2D eigenvalue weighted by atomic mass is 9.81. The van der Waals surface area contributed by atoms with Crippen LogP contribution >= 0.6 is 0 Å². The van der Waals surface area contributed by atoms with Gasteiger partial charge in [-0.1, -0.05) is 32.9 Å². The molecule has 1 aliphatic carbocycles. The maximum Gasteiger partial charge on any atom is 0.211 e. The summed E-state index contributed by atoms with van der Waals surface area (Å²) >= 11 is 0. The molecule has 0 saturated heterocycles. The van der Waals surface area contributed by atoms with Crippen LogP contribution in [0.25, 0.3) is 0 Å². The summed E-state index contributed by atoms with van der Waals surface area (Å²) in [5.74, 6) is 1.35. The molecule has 0 spiro atoms. The molecule has 1 saturated carbocycles. The molecule has 0 radical (unpaired) electrons. The highest BCUT2D eigenvalue weighted by molar-refractivity contribution is 5.77. The molecular formula is C18H25N3O. The summed E-state index contributed by atoms with van der Waals surface area (Å²) in [5, 5.41) is 9.12. The number of anilines is 3. The minimum absolute atomic E-state index is 0.523. The van der Waals surface area contributed by atoms with Crippen molar-refractivity contribution in [3.63, 3.8) is 0 Å². The largest absolute Gasteiger partial charge is 0.362 e. The van der Waals surface area contributed by atoms with Crippen LogP contribution in [0.5, 0.6) is 0 Å². The molecule has 3 N–H and O–H groups in total. The van der Waals surface area contributed by atoms with Gasteiger partial charge in [-0.2, -0.15) is 0 Å². The van der Waals surface area contributed by atoms with E-state index in [2.05, 4.69) is 36.0 Å². The summed E-state index contributed by atoms with van der Waals surface area (Å²) in [5.41, 5.74) is 3.57. The zero-order valence-corrected chi connectivity index (χ0v) is 13.2. The van der Waals surface area contributed by atoms with Crippen molar-refractivity contribution < 1.29 is 4.79 Å². The molecule has 4 nitrogen and oxygen atoms in total. The number of hydrogen-bond donors (Lipinski definition) is 3. The van der Waals surface area contributed by atoms with Crippen molar-refractivity contribution in [1.29, 1.82) is 0 Å². The van der Waals surface area contributed by atoms with Gasteiger partial charge in [0.25, 0.3) is 0 Å². The molecule has 0 bridgehead atoms. The van der Waals surface area contributed by atoms with E-state index >= 15 is 0 Å². The topological polar surface area (TPSA) is 53.2 Å². The third kappa shape index (κ3) is 4.38. The molecule has 1 amide bonds. The van der Waals surface area contributed by atoms with Crippen molar-refractivity contribution >= 4 is 23.5 Å². The van der Waals surface area contributed by atoms with E-state index in [1.54, 1.807) is 6.20 Å². The number of amides is 1. The Bertz CT molecular complexity index is 517. The summed E-state index contributed by atoms with van der Waals surface area (Å²) in [6.07, 6.45) is 7.20. The number of hydrogen-bond acceptors (Lipinski definition) is 3. The SMILES string of the molecule is C=CNc1cc(NC=O)cc(NC(=C)C2CCC(C)CC2)c1. The smallest absolute Gasteiger partial charge is 0.211 e. The van der Waals surface area contributed by atoms with Crippen molar-refractivity contribution in [3.8, 4) is 0 Å². The standard InChI is InChI=1S/C18H25N3O/c1-4-19-16-9-17(20-12-22)11-18(10-16)21-14(3)15-7-5-13(2)6-8-15/h4,9-13,15,19,21H,1,3,5-8H2,2H3,(H,20,22). The first-order chi connectivity index (χ1) is 10.6. The average molecular weight is 299 g/mol. The van der Waals surface area contributed by atoms with Crippen molar-refractivity contribution in [2.75, 3.05) is 16.0 Å². The van der Waals surface area contributed by atoms with Crippen LogP contribution < -0.4 is 16.0 Å². The van der Waals surface area contributed by atoms with Gasteiger partial charge in [0.15, 0.2) is 0 Å². The lowest BCUT2D eigenvalue weighted by Gasteiger charge is -2.28. The number of allylic oxidation sites excluding steroid dienone is 1. The van der Waals surface area contributed by atoms with E-state index in [1.807, 2.05) is 18.2 Å². The quantitative estimate of drug-likeness (QED) is 0.647. The number of nitrogens with one attached hydrogen (secondary N) is 3. The Morgan fingerprint density at radius 1 is 1.09 bits per heavy atom. The first-order valence-corrected chi connectivity index (χ1v) is 7.81. The van der Waals surface area contributed by atoms with Crippen molar-refractivity contribution in [2.24, 2.45) is 11.8 Å². The summed E-state index contributed by atoms with van der Waals surface area (Å²) < 4.78 is 0. The fraction of sp³-hybridized carbons (Fsp3) is 0.389. The maximum absolute atomic E-state index is 10.7. The van der Waals surface area contributed by atoms with E-state index < -0.39 is 0 Å². The Balaban J connectivity index is 2.08. The molecule has 4 heteroatoms. The second-order valence-electron chi connectivity index (χ2n) is 6.02. The molecular weight excluding hydrogens is 274 g/mol. The van der Waals surface area contributed by atoms with Crippen LogP contribution in [-0.2, 0) is 4.79 Å². The van der Waals surface area contributed by atoms with Gasteiger partial charge in [-0.15, -0.1) is 0 Å². The highest BCUT2D eigenvalue weighted by Gasteiger charge is 2.20. The highest BCUT2D eigenvalue weighted by Crippen LogP contribution is 2.33. The fourth-order valence-corrected chi connectivity index (χ4v) is 2.95. The van der Waals surface area contributed by atoms with Crippen LogP contribution in [0.15, 0.2) is 43.3 Å². The van der Waals surface area contributed by atoms with Gasteiger partial charge in [0.1, 0.15) is 0 Å². The summed E-state index contributed by atoms with van der Waals surface area (Å²) in [7, 11) is 0. The van der Waals surface area contributed by atoms with Crippen molar-refractivity contribution in [2.45, 2.75) is 32.6 Å². The normalized spacial score (nSPS) is 20.8. The molecule has 0 aromatic heterocycles. The second kappa shape index (κ2) is 7.69. The van der Waals surface area contributed by atoms with Gasteiger partial charge >= 0.3 is 0 Å². The molecule has 22 heavy (non-hydrogen) atoms. The lowest BCUT2D eigenvalue weighted by molar-refractivity contribution is -0.105. The third-order valence-corrected chi connectivity index (χ3v) is 4.24. The molecule has 0 unspecified atom stereocenters. The van der Waals surface area contributed by atoms with Gasteiger partial charge in [0.05, 0.1) is 0 Å². The number of carbonyl (C=O) groups excluding carboxylic acids is 1. The Hall–Kier alpha value is -2.23. The molecule has 2 rings (SSSR count). The zero-order valence-electron chi connectivity index (χ0n) is 13.2. The number of rotatable bonds is 7. The van der Waals surface area contributed by atoms with Gasteiger partial charge in [-0.3, -0.25) is 4.79 Å². The number of carbonyl (C=O) groups is 1. The monoisotopic (exact) mass is 299 g/mol. The fourth-order valence-electron chi connectivity index (χ4n) is 2.95. The van der Waals surface area contributed by atoms with E-state index in [0.717, 1.165) is 28.7 Å². The predicted octanol–water partition coefficient (Wildman–Crippen LogP) is 4.56. The molecule has 1 aromatic carbocycles. The van der Waals surface area contributed by atoms with Gasteiger partial charge < -0.3 is 16.0 Å². The van der Waals surface area contributed by atoms with Gasteiger partial charge in [0, 0.05) is 22.8 Å². The van der Waals surface area contributed by atoms with Crippen molar-refractivity contribution in [3.05, 3.63) is 43.3 Å². The van der Waals surface area contributed by atoms with Crippen molar-refractivity contribution in [1.82, 2.24) is 0 Å². The Morgan fingerprint density at radius 2 is 1.68 bits per heavy atom. The van der Waals surface area contributed by atoms with E-state index in [9.17, 15) is 4.79 Å². The Labute approximate surface area is 132 Å². The molecule has 1 aliphatic rings. The van der Waals surface area contributed by atoms with E-state index in [-0.39, 0.29) is 0 Å². The van der Waals surface area contributed by atoms with E-state index in [1.165, 1.54) is 25.7 Å². The van der Waals surface area contributed by atoms with Crippen LogP contribution in [-0.4, -0.2) is 6.41 Å². The molecule has 0 aliphatic heterocycles. The predicted molar refractivity (Wildman–Crippen MR) is 93.8 cm³/mol. The summed E-state index contributed by atoms with van der Waals surface area (Å²) in [6.45, 7) is 10.2. The highest BCUT2D eigenvalue weighted by atomic mass is 16.1. The lowest BCUT2D eigenvalue weighted by Crippen LogP contribution is -2.17. The van der Waals surface area contributed by atoms with Gasteiger partial charge in [-0.25, -0.2) is 0 Å². The van der Waals surface area contributed by atoms with E-state index in [0.29, 0.717) is 12.3 Å². The van der Waals surface area contributed by atoms with Crippen LogP contribution in [0.1, 0.15) is 32.6 Å². The van der Waals surface area contributed by atoms with Gasteiger partial charge in [0.2, 0.25) is 6.41 Å². The van der Waals surface area contributed by atoms with Gasteiger partial charge in [-0.05, 0) is 49.1 Å². The minimum atomic E-state index is 0.523. The first-order valence-electron chi connectivity index (χ1n) is 7.81. The average Bonchev–Trinajstić information content (AvgIpc) is 2.48. The Morgan fingerprint density at radius 3 is 2.27 bits per heavy atom. The zero-order chi connectivity index (χ0) is 15.9. The molecule has 0 heterocycles. The van der Waals surface area contributed by atoms with Crippen LogP contribution in [0.2, 0.25) is 0 Å². The Kier molecular flexibility index (Phi) is 5.64. The number of benzene rings is 1. The molecule has 1 fully saturated rings. The second-order valence-corrected chi connectivity index (χ2v) is 6.02. The van der Waals surface area contributed by atoms with Crippen LogP contribution in [0.3, 0.4) is 0 Å². The first kappa shape index (κ1) is 16.1.